The van der Waals surface area contributed by atoms with E-state index in [-0.39, 0.29) is 11.0 Å². The Hall–Kier alpha value is -0.240. The molecule has 1 fully saturated rings. The molecule has 3 heteroatoms. The number of hydrogen-bond acceptors (Lipinski definition) is 1. The van der Waals surface area contributed by atoms with Gasteiger partial charge in [-0.3, -0.25) is 0 Å². The summed E-state index contributed by atoms with van der Waals surface area (Å²) in [6.45, 7) is 10.3. The Kier molecular flexibility index (Phi) is 4.45. The van der Waals surface area contributed by atoms with E-state index in [4.69, 9.17) is 23.2 Å². The van der Waals surface area contributed by atoms with E-state index in [0.29, 0.717) is 16.0 Å². The van der Waals surface area contributed by atoms with Crippen LogP contribution in [0.15, 0.2) is 18.2 Å². The van der Waals surface area contributed by atoms with Crippen LogP contribution in [0.3, 0.4) is 0 Å². The quantitative estimate of drug-likeness (QED) is 0.704. The monoisotopic (exact) mass is 313 g/mol. The summed E-state index contributed by atoms with van der Waals surface area (Å²) in [6.07, 6.45) is 2.40. The van der Waals surface area contributed by atoms with Crippen LogP contribution in [-0.2, 0) is 5.41 Å². The van der Waals surface area contributed by atoms with Gasteiger partial charge < -0.3 is 4.90 Å². The molecule has 20 heavy (non-hydrogen) atoms. The van der Waals surface area contributed by atoms with Gasteiger partial charge >= 0.3 is 0 Å². The molecule has 0 bridgehead atoms. The average molecular weight is 314 g/mol. The highest BCUT2D eigenvalue weighted by Crippen LogP contribution is 2.55. The molecule has 0 spiro atoms. The summed E-state index contributed by atoms with van der Waals surface area (Å²) in [4.78, 5) is 2.49. The Morgan fingerprint density at radius 2 is 1.95 bits per heavy atom. The summed E-state index contributed by atoms with van der Waals surface area (Å²) in [5, 5.41) is 1.30. The smallest absolute Gasteiger partial charge is 0.0595 e. The van der Waals surface area contributed by atoms with Crippen LogP contribution in [0, 0.1) is 5.92 Å². The highest BCUT2D eigenvalue weighted by atomic mass is 35.5. The number of benzene rings is 1. The highest BCUT2D eigenvalue weighted by Gasteiger charge is 2.51. The predicted molar refractivity (Wildman–Crippen MR) is 88.9 cm³/mol. The molecule has 2 unspecified atom stereocenters. The highest BCUT2D eigenvalue weighted by molar-refractivity contribution is 6.42. The van der Waals surface area contributed by atoms with Crippen LogP contribution in [0.2, 0.25) is 10.0 Å². The Morgan fingerprint density at radius 1 is 1.30 bits per heavy atom. The minimum absolute atomic E-state index is 0.256. The summed E-state index contributed by atoms with van der Waals surface area (Å²) in [6, 6.07) is 6.08. The Bertz CT molecular complexity index is 498. The van der Waals surface area contributed by atoms with Crippen LogP contribution in [0.1, 0.15) is 46.1 Å². The summed E-state index contributed by atoms with van der Waals surface area (Å²) in [7, 11) is 2.23. The summed E-state index contributed by atoms with van der Waals surface area (Å²) >= 11 is 12.2. The van der Waals surface area contributed by atoms with Gasteiger partial charge in [0, 0.05) is 12.1 Å². The fourth-order valence-corrected chi connectivity index (χ4v) is 3.07. The Labute approximate surface area is 133 Å². The molecule has 1 aliphatic carbocycles. The summed E-state index contributed by atoms with van der Waals surface area (Å²) in [5.41, 5.74) is 1.84. The molecular weight excluding hydrogens is 289 g/mol. The molecule has 112 valence electrons. The molecule has 0 N–H and O–H groups in total. The standard InChI is InChI=1S/C17H25Cl2N/c1-6-16(2,3)20(5)11-13-10-17(13,4)12-7-8-14(18)15(19)9-12/h7-9,13H,6,10-11H2,1-5H3. The van der Waals surface area contributed by atoms with Gasteiger partial charge in [-0.1, -0.05) is 43.1 Å². The zero-order chi connectivity index (χ0) is 15.1. The van der Waals surface area contributed by atoms with Crippen LogP contribution in [0.4, 0.5) is 0 Å². The lowest BCUT2D eigenvalue weighted by Crippen LogP contribution is -2.42. The molecule has 1 aromatic rings. The van der Waals surface area contributed by atoms with Gasteiger partial charge in [-0.25, -0.2) is 0 Å². The average Bonchev–Trinajstić information content (AvgIpc) is 3.04. The van der Waals surface area contributed by atoms with Crippen molar-refractivity contribution in [1.29, 1.82) is 0 Å². The molecule has 1 aliphatic rings. The van der Waals surface area contributed by atoms with Crippen molar-refractivity contribution in [2.24, 2.45) is 5.92 Å². The lowest BCUT2D eigenvalue weighted by atomic mass is 9.94. The van der Waals surface area contributed by atoms with Gasteiger partial charge in [-0.05, 0) is 62.8 Å². The van der Waals surface area contributed by atoms with Gasteiger partial charge in [0.15, 0.2) is 0 Å². The Balaban J connectivity index is 2.07. The summed E-state index contributed by atoms with van der Waals surface area (Å²) in [5.74, 6) is 0.704. The number of hydrogen-bond donors (Lipinski definition) is 0. The molecule has 1 nitrogen and oxygen atoms in total. The molecule has 0 amide bonds. The van der Waals surface area contributed by atoms with Crippen molar-refractivity contribution in [3.63, 3.8) is 0 Å². The normalized spacial score (nSPS) is 26.1. The van der Waals surface area contributed by atoms with Crippen molar-refractivity contribution in [2.45, 2.75) is 51.5 Å². The third kappa shape index (κ3) is 3.00. The van der Waals surface area contributed by atoms with Crippen molar-refractivity contribution >= 4 is 23.2 Å². The molecule has 2 atom stereocenters. The van der Waals surface area contributed by atoms with Crippen molar-refractivity contribution in [3.05, 3.63) is 33.8 Å². The second kappa shape index (κ2) is 5.51. The van der Waals surface area contributed by atoms with Gasteiger partial charge in [0.05, 0.1) is 10.0 Å². The fourth-order valence-electron chi connectivity index (χ4n) is 2.77. The van der Waals surface area contributed by atoms with Gasteiger partial charge in [0.25, 0.3) is 0 Å². The topological polar surface area (TPSA) is 3.24 Å². The largest absolute Gasteiger partial charge is 0.301 e. The zero-order valence-electron chi connectivity index (χ0n) is 13.1. The third-order valence-corrected chi connectivity index (χ3v) is 6.12. The van der Waals surface area contributed by atoms with Gasteiger partial charge in [-0.2, -0.15) is 0 Å². The molecular formula is C17H25Cl2N. The van der Waals surface area contributed by atoms with E-state index in [2.05, 4.69) is 45.7 Å². The van der Waals surface area contributed by atoms with Gasteiger partial charge in [-0.15, -0.1) is 0 Å². The minimum Gasteiger partial charge on any atom is -0.301 e. The second-order valence-corrected chi connectivity index (χ2v) is 7.81. The van der Waals surface area contributed by atoms with Crippen molar-refractivity contribution in [1.82, 2.24) is 4.90 Å². The van der Waals surface area contributed by atoms with Crippen LogP contribution < -0.4 is 0 Å². The maximum absolute atomic E-state index is 6.15. The number of nitrogens with zero attached hydrogens (tertiary/aromatic N) is 1. The molecule has 0 heterocycles. The van der Waals surface area contributed by atoms with E-state index in [1.807, 2.05) is 12.1 Å². The third-order valence-electron chi connectivity index (χ3n) is 5.38. The van der Waals surface area contributed by atoms with Crippen LogP contribution in [0.25, 0.3) is 0 Å². The number of rotatable bonds is 5. The molecule has 0 saturated heterocycles. The minimum atomic E-state index is 0.256. The fraction of sp³-hybridized carbons (Fsp3) is 0.647. The molecule has 1 saturated carbocycles. The maximum Gasteiger partial charge on any atom is 0.0595 e. The van der Waals surface area contributed by atoms with E-state index in [1.165, 1.54) is 18.4 Å². The SMILES string of the molecule is CCC(C)(C)N(C)CC1CC1(C)c1ccc(Cl)c(Cl)c1. The van der Waals surface area contributed by atoms with Crippen LogP contribution in [0.5, 0.6) is 0 Å². The molecule has 0 aromatic heterocycles. The summed E-state index contributed by atoms with van der Waals surface area (Å²) < 4.78 is 0. The Morgan fingerprint density at radius 3 is 2.50 bits per heavy atom. The van der Waals surface area contributed by atoms with Crippen molar-refractivity contribution in [3.8, 4) is 0 Å². The lowest BCUT2D eigenvalue weighted by molar-refractivity contribution is 0.141. The van der Waals surface area contributed by atoms with E-state index in [9.17, 15) is 0 Å². The van der Waals surface area contributed by atoms with E-state index < -0.39 is 0 Å². The first-order valence-corrected chi connectivity index (χ1v) is 8.13. The molecule has 1 aromatic carbocycles. The van der Waals surface area contributed by atoms with Crippen molar-refractivity contribution in [2.75, 3.05) is 13.6 Å². The van der Waals surface area contributed by atoms with E-state index in [1.54, 1.807) is 0 Å². The van der Waals surface area contributed by atoms with Crippen LogP contribution in [-0.4, -0.2) is 24.0 Å². The van der Waals surface area contributed by atoms with E-state index >= 15 is 0 Å². The van der Waals surface area contributed by atoms with Gasteiger partial charge in [0.2, 0.25) is 0 Å². The maximum atomic E-state index is 6.15. The molecule has 0 aliphatic heterocycles. The first-order chi connectivity index (χ1) is 9.20. The van der Waals surface area contributed by atoms with E-state index in [0.717, 1.165) is 6.54 Å². The van der Waals surface area contributed by atoms with Crippen molar-refractivity contribution < 1.29 is 0 Å². The first kappa shape index (κ1) is 16.1. The molecule has 2 rings (SSSR count). The van der Waals surface area contributed by atoms with Crippen LogP contribution >= 0.6 is 23.2 Å². The first-order valence-electron chi connectivity index (χ1n) is 7.37. The number of halogens is 2. The second-order valence-electron chi connectivity index (χ2n) is 6.99. The predicted octanol–water partition coefficient (Wildman–Crippen LogP) is 5.39. The zero-order valence-corrected chi connectivity index (χ0v) is 14.6. The lowest BCUT2D eigenvalue weighted by Gasteiger charge is -2.35. The molecule has 0 radical (unpaired) electrons. The van der Waals surface area contributed by atoms with Gasteiger partial charge in [0.1, 0.15) is 0 Å².